The van der Waals surface area contributed by atoms with Crippen LogP contribution in [0.15, 0.2) is 46.7 Å². The van der Waals surface area contributed by atoms with E-state index in [4.69, 9.17) is 4.74 Å². The molecule has 94 valence electrons. The zero-order valence-corrected chi connectivity index (χ0v) is 9.96. The van der Waals surface area contributed by atoms with Crippen LogP contribution in [0.5, 0.6) is 5.75 Å². The van der Waals surface area contributed by atoms with Gasteiger partial charge in [0.05, 0.1) is 12.7 Å². The topological polar surface area (TPSA) is 75.1 Å². The van der Waals surface area contributed by atoms with Crippen LogP contribution in [0.25, 0.3) is 0 Å². The molecule has 0 spiro atoms. The molecule has 1 amide bonds. The van der Waals surface area contributed by atoms with Gasteiger partial charge in [0.2, 0.25) is 0 Å². The molecule has 0 fully saturated rings. The zero-order valence-electron chi connectivity index (χ0n) is 9.96. The van der Waals surface area contributed by atoms with Crippen LogP contribution >= 0.6 is 0 Å². The minimum absolute atomic E-state index is 0.341. The molecule has 6 heteroatoms. The highest BCUT2D eigenvalue weighted by atomic mass is 16.5. The van der Waals surface area contributed by atoms with E-state index in [0.29, 0.717) is 11.3 Å². The molecule has 0 saturated heterocycles. The molecule has 1 aromatic carbocycles. The molecule has 2 N–H and O–H groups in total. The molecule has 1 rings (SSSR count). The number of ether oxygens (including phenoxy) is 1. The van der Waals surface area contributed by atoms with E-state index in [1.807, 2.05) is 0 Å². The number of carbonyl (C=O) groups is 1. The zero-order chi connectivity index (χ0) is 13.2. The van der Waals surface area contributed by atoms with Crippen molar-refractivity contribution < 1.29 is 9.53 Å². The van der Waals surface area contributed by atoms with Crippen molar-refractivity contribution in [3.05, 3.63) is 42.1 Å². The van der Waals surface area contributed by atoms with E-state index >= 15 is 0 Å². The summed E-state index contributed by atoms with van der Waals surface area (Å²) in [4.78, 5) is 11.7. The summed E-state index contributed by atoms with van der Waals surface area (Å²) in [5.74, 6) is 0.158. The van der Waals surface area contributed by atoms with E-state index in [1.165, 1.54) is 19.5 Å². The molecule has 0 bridgehead atoms. The molecule has 6 nitrogen and oxygen atoms in total. The third kappa shape index (κ3) is 4.09. The Labute approximate surface area is 105 Å². The molecule has 0 unspecified atom stereocenters. The Bertz CT molecular complexity index is 469. The van der Waals surface area contributed by atoms with Crippen molar-refractivity contribution in [2.45, 2.75) is 0 Å². The van der Waals surface area contributed by atoms with Gasteiger partial charge in [0, 0.05) is 19.1 Å². The SMILES string of the molecule is C=NN/C=C/C=N\NC(=O)c1ccccc1OC. The lowest BCUT2D eigenvalue weighted by atomic mass is 10.2. The largest absolute Gasteiger partial charge is 0.496 e. The summed E-state index contributed by atoms with van der Waals surface area (Å²) >= 11 is 0. The Morgan fingerprint density at radius 1 is 1.44 bits per heavy atom. The van der Waals surface area contributed by atoms with Gasteiger partial charge in [0.1, 0.15) is 5.75 Å². The molecule has 0 atom stereocenters. The molecule has 18 heavy (non-hydrogen) atoms. The van der Waals surface area contributed by atoms with E-state index in [2.05, 4.69) is 27.8 Å². The van der Waals surface area contributed by atoms with E-state index in [-0.39, 0.29) is 5.91 Å². The second-order valence-corrected chi connectivity index (χ2v) is 3.07. The molecular formula is C12H14N4O2. The summed E-state index contributed by atoms with van der Waals surface area (Å²) in [5.41, 5.74) is 5.29. The monoisotopic (exact) mass is 246 g/mol. The lowest BCUT2D eigenvalue weighted by Crippen LogP contribution is -2.18. The van der Waals surface area contributed by atoms with Gasteiger partial charge in [0.25, 0.3) is 5.91 Å². The van der Waals surface area contributed by atoms with E-state index < -0.39 is 0 Å². The normalized spacial score (nSPS) is 10.5. The number of para-hydroxylation sites is 1. The molecular weight excluding hydrogens is 232 g/mol. The van der Waals surface area contributed by atoms with Crippen molar-refractivity contribution in [3.63, 3.8) is 0 Å². The number of hydrazone groups is 2. The minimum Gasteiger partial charge on any atom is -0.496 e. The van der Waals surface area contributed by atoms with Crippen LogP contribution in [-0.4, -0.2) is 25.9 Å². The number of methoxy groups -OCH3 is 1. The maximum absolute atomic E-state index is 11.7. The molecule has 0 saturated carbocycles. The second kappa shape index (κ2) is 7.61. The summed E-state index contributed by atoms with van der Waals surface area (Å²) < 4.78 is 5.07. The van der Waals surface area contributed by atoms with Gasteiger partial charge >= 0.3 is 0 Å². The van der Waals surface area contributed by atoms with Crippen LogP contribution < -0.4 is 15.6 Å². The van der Waals surface area contributed by atoms with Crippen molar-refractivity contribution in [1.82, 2.24) is 10.9 Å². The number of hydrogen-bond donors (Lipinski definition) is 2. The van der Waals surface area contributed by atoms with Crippen molar-refractivity contribution in [2.75, 3.05) is 7.11 Å². The van der Waals surface area contributed by atoms with Crippen LogP contribution in [0.3, 0.4) is 0 Å². The van der Waals surface area contributed by atoms with Crippen LogP contribution in [0, 0.1) is 0 Å². The Hall–Kier alpha value is -2.63. The summed E-state index contributed by atoms with van der Waals surface area (Å²) in [5, 5.41) is 7.11. The van der Waals surface area contributed by atoms with Gasteiger partial charge in [0.15, 0.2) is 0 Å². The first kappa shape index (κ1) is 13.4. The number of amides is 1. The number of nitrogens with zero attached hydrogens (tertiary/aromatic N) is 2. The molecule has 0 aromatic heterocycles. The average Bonchev–Trinajstić information content (AvgIpc) is 2.42. The number of rotatable bonds is 6. The summed E-state index contributed by atoms with van der Waals surface area (Å²) in [7, 11) is 1.51. The molecule has 0 aliphatic rings. The summed E-state index contributed by atoms with van der Waals surface area (Å²) in [6.45, 7) is 3.22. The fraction of sp³-hybridized carbons (Fsp3) is 0.0833. The van der Waals surface area contributed by atoms with Gasteiger partial charge in [-0.2, -0.15) is 10.2 Å². The van der Waals surface area contributed by atoms with Crippen molar-refractivity contribution >= 4 is 18.8 Å². The first-order chi connectivity index (χ1) is 8.79. The number of benzene rings is 1. The standard InChI is InChI=1S/C12H14N4O2/c1-13-14-8-5-9-15-16-12(17)10-6-3-4-7-11(10)18-2/h3-9,14H,1H2,2H3,(H,16,17)/b8-5+,15-9-. The predicted molar refractivity (Wildman–Crippen MR) is 70.8 cm³/mol. The molecule has 0 radical (unpaired) electrons. The number of hydrogen-bond acceptors (Lipinski definition) is 5. The van der Waals surface area contributed by atoms with E-state index in [9.17, 15) is 4.79 Å². The van der Waals surface area contributed by atoms with Crippen LogP contribution in [-0.2, 0) is 0 Å². The van der Waals surface area contributed by atoms with Crippen LogP contribution in [0.2, 0.25) is 0 Å². The number of carbonyl (C=O) groups excluding carboxylic acids is 1. The Kier molecular flexibility index (Phi) is 5.68. The van der Waals surface area contributed by atoms with E-state index in [0.717, 1.165) is 0 Å². The summed E-state index contributed by atoms with van der Waals surface area (Å²) in [6.07, 6.45) is 4.49. The van der Waals surface area contributed by atoms with Crippen molar-refractivity contribution in [2.24, 2.45) is 10.2 Å². The van der Waals surface area contributed by atoms with E-state index in [1.54, 1.807) is 30.3 Å². The van der Waals surface area contributed by atoms with Gasteiger partial charge in [-0.3, -0.25) is 10.2 Å². The highest BCUT2D eigenvalue weighted by molar-refractivity contribution is 5.97. The lowest BCUT2D eigenvalue weighted by Gasteiger charge is -2.05. The number of allylic oxidation sites excluding steroid dienone is 1. The maximum atomic E-state index is 11.7. The predicted octanol–water partition coefficient (Wildman–Crippen LogP) is 1.13. The van der Waals surface area contributed by atoms with Crippen LogP contribution in [0.1, 0.15) is 10.4 Å². The molecule has 0 heterocycles. The molecule has 0 aliphatic carbocycles. The lowest BCUT2D eigenvalue weighted by molar-refractivity contribution is 0.0952. The van der Waals surface area contributed by atoms with Gasteiger partial charge in [-0.25, -0.2) is 5.43 Å². The van der Waals surface area contributed by atoms with Crippen LogP contribution in [0.4, 0.5) is 0 Å². The molecule has 0 aliphatic heterocycles. The fourth-order valence-corrected chi connectivity index (χ4v) is 1.17. The average molecular weight is 246 g/mol. The third-order valence-electron chi connectivity index (χ3n) is 1.94. The van der Waals surface area contributed by atoms with Gasteiger partial charge in [-0.15, -0.1) is 0 Å². The molecule has 1 aromatic rings. The minimum atomic E-state index is -0.341. The van der Waals surface area contributed by atoms with Gasteiger partial charge in [-0.1, -0.05) is 12.1 Å². The highest BCUT2D eigenvalue weighted by Crippen LogP contribution is 2.16. The second-order valence-electron chi connectivity index (χ2n) is 3.07. The Balaban J connectivity index is 2.57. The van der Waals surface area contributed by atoms with Gasteiger partial charge < -0.3 is 4.74 Å². The third-order valence-corrected chi connectivity index (χ3v) is 1.94. The maximum Gasteiger partial charge on any atom is 0.275 e. The first-order valence-electron chi connectivity index (χ1n) is 5.12. The fourth-order valence-electron chi connectivity index (χ4n) is 1.17. The first-order valence-corrected chi connectivity index (χ1v) is 5.12. The van der Waals surface area contributed by atoms with Gasteiger partial charge in [-0.05, 0) is 18.2 Å². The Morgan fingerprint density at radius 2 is 2.22 bits per heavy atom. The Morgan fingerprint density at radius 3 is 2.94 bits per heavy atom. The van der Waals surface area contributed by atoms with Crippen molar-refractivity contribution in [1.29, 1.82) is 0 Å². The van der Waals surface area contributed by atoms with Crippen molar-refractivity contribution in [3.8, 4) is 5.75 Å². The smallest absolute Gasteiger partial charge is 0.275 e. The highest BCUT2D eigenvalue weighted by Gasteiger charge is 2.09. The summed E-state index contributed by atoms with van der Waals surface area (Å²) in [6, 6.07) is 6.90. The number of nitrogens with one attached hydrogen (secondary N) is 2. The quantitative estimate of drug-likeness (QED) is 0.583.